The maximum atomic E-state index is 12.1. The second kappa shape index (κ2) is 8.57. The number of benzene rings is 1. The third-order valence-corrected chi connectivity index (χ3v) is 3.73. The summed E-state index contributed by atoms with van der Waals surface area (Å²) in [5.41, 5.74) is 1.64. The molecular weight excluding hydrogens is 248 g/mol. The van der Waals surface area contributed by atoms with Gasteiger partial charge in [0.25, 0.3) is 0 Å². The number of esters is 1. The molecule has 0 unspecified atom stereocenters. The van der Waals surface area contributed by atoms with E-state index in [9.17, 15) is 4.79 Å². The first kappa shape index (κ1) is 14.8. The van der Waals surface area contributed by atoms with Gasteiger partial charge in [0, 0.05) is 0 Å². The molecule has 2 rings (SSSR count). The lowest BCUT2D eigenvalue weighted by Crippen LogP contribution is -2.08. The molecule has 0 fully saturated rings. The Bertz CT molecular complexity index is 448. The highest BCUT2D eigenvalue weighted by atomic mass is 16.5. The van der Waals surface area contributed by atoms with E-state index in [0.29, 0.717) is 12.2 Å². The highest BCUT2D eigenvalue weighted by Gasteiger charge is 2.10. The molecule has 108 valence electrons. The van der Waals surface area contributed by atoms with Crippen LogP contribution in [0.5, 0.6) is 0 Å². The van der Waals surface area contributed by atoms with Gasteiger partial charge in [0.05, 0.1) is 12.2 Å². The first-order valence-corrected chi connectivity index (χ1v) is 7.80. The van der Waals surface area contributed by atoms with E-state index < -0.39 is 0 Å². The number of rotatable bonds is 0. The molecule has 1 aromatic carbocycles. The molecule has 1 aromatic rings. The summed E-state index contributed by atoms with van der Waals surface area (Å²) in [6.45, 7) is 0.539. The zero-order chi connectivity index (χ0) is 14.0. The average molecular weight is 272 g/mol. The predicted octanol–water partition coefficient (Wildman–Crippen LogP) is 4.99. The van der Waals surface area contributed by atoms with Crippen molar-refractivity contribution in [1.82, 2.24) is 0 Å². The van der Waals surface area contributed by atoms with Crippen LogP contribution in [0.4, 0.5) is 0 Å². The Kier molecular flexibility index (Phi) is 6.36. The maximum Gasteiger partial charge on any atom is 0.338 e. The van der Waals surface area contributed by atoms with Gasteiger partial charge in [-0.2, -0.15) is 0 Å². The monoisotopic (exact) mass is 272 g/mol. The molecule has 0 aromatic heterocycles. The van der Waals surface area contributed by atoms with Crippen LogP contribution >= 0.6 is 0 Å². The molecule has 0 aliphatic carbocycles. The van der Waals surface area contributed by atoms with Crippen molar-refractivity contribution >= 4 is 12.0 Å². The van der Waals surface area contributed by atoms with Gasteiger partial charge in [-0.3, -0.25) is 0 Å². The van der Waals surface area contributed by atoms with Crippen LogP contribution in [0.15, 0.2) is 30.3 Å². The van der Waals surface area contributed by atoms with E-state index in [-0.39, 0.29) is 5.97 Å². The van der Waals surface area contributed by atoms with Crippen LogP contribution in [0.2, 0.25) is 0 Å². The molecule has 1 aliphatic rings. The minimum Gasteiger partial charge on any atom is -0.462 e. The molecule has 0 spiro atoms. The summed E-state index contributed by atoms with van der Waals surface area (Å²) in [4.78, 5) is 12.1. The molecule has 1 aliphatic heterocycles. The second-order valence-corrected chi connectivity index (χ2v) is 5.39. The fourth-order valence-corrected chi connectivity index (χ4v) is 2.53. The zero-order valence-electron chi connectivity index (χ0n) is 12.1. The number of cyclic esters (lactones) is 1. The molecule has 20 heavy (non-hydrogen) atoms. The van der Waals surface area contributed by atoms with E-state index in [0.717, 1.165) is 24.8 Å². The summed E-state index contributed by atoms with van der Waals surface area (Å²) in [6.07, 6.45) is 13.9. The first-order chi connectivity index (χ1) is 9.88. The number of fused-ring (bicyclic) bond motifs is 1. The third-order valence-electron chi connectivity index (χ3n) is 3.73. The Morgan fingerprint density at radius 2 is 1.55 bits per heavy atom. The first-order valence-electron chi connectivity index (χ1n) is 7.80. The number of ether oxygens (including phenoxy) is 1. The minimum atomic E-state index is -0.194. The van der Waals surface area contributed by atoms with Gasteiger partial charge in [-0.15, -0.1) is 0 Å². The van der Waals surface area contributed by atoms with Crippen LogP contribution in [-0.4, -0.2) is 12.6 Å². The Labute approximate surface area is 121 Å². The van der Waals surface area contributed by atoms with Gasteiger partial charge in [0.2, 0.25) is 0 Å². The highest BCUT2D eigenvalue weighted by molar-refractivity contribution is 5.93. The van der Waals surface area contributed by atoms with Crippen LogP contribution in [0, 0.1) is 0 Å². The maximum absolute atomic E-state index is 12.1. The van der Waals surface area contributed by atoms with Gasteiger partial charge in [0.1, 0.15) is 0 Å². The largest absolute Gasteiger partial charge is 0.462 e. The van der Waals surface area contributed by atoms with E-state index in [1.165, 1.54) is 32.1 Å². The Balaban J connectivity index is 2.06. The van der Waals surface area contributed by atoms with E-state index in [4.69, 9.17) is 4.74 Å². The van der Waals surface area contributed by atoms with Crippen molar-refractivity contribution < 1.29 is 9.53 Å². The SMILES string of the molecule is O=C1OCCCCCCCCC/C=C\c2ccccc21. The van der Waals surface area contributed by atoms with E-state index in [1.807, 2.05) is 24.3 Å². The summed E-state index contributed by atoms with van der Waals surface area (Å²) >= 11 is 0. The van der Waals surface area contributed by atoms with Crippen LogP contribution in [-0.2, 0) is 4.74 Å². The summed E-state index contributed by atoms with van der Waals surface area (Å²) in [5, 5.41) is 0. The third kappa shape index (κ3) is 4.84. The number of allylic oxidation sites excluding steroid dienone is 1. The van der Waals surface area contributed by atoms with Crippen LogP contribution in [0.1, 0.15) is 67.3 Å². The molecule has 0 saturated carbocycles. The molecule has 0 bridgehead atoms. The lowest BCUT2D eigenvalue weighted by atomic mass is 10.1. The normalized spacial score (nSPS) is 20.1. The van der Waals surface area contributed by atoms with E-state index in [1.54, 1.807) is 0 Å². The highest BCUT2D eigenvalue weighted by Crippen LogP contribution is 2.15. The quantitative estimate of drug-likeness (QED) is 0.622. The molecule has 0 N–H and O–H groups in total. The summed E-state index contributed by atoms with van der Waals surface area (Å²) in [5.74, 6) is -0.194. The Hall–Kier alpha value is -1.57. The lowest BCUT2D eigenvalue weighted by molar-refractivity contribution is 0.0497. The lowest BCUT2D eigenvalue weighted by Gasteiger charge is -2.07. The number of carbonyl (C=O) groups excluding carboxylic acids is 1. The van der Waals surface area contributed by atoms with Gasteiger partial charge in [0.15, 0.2) is 0 Å². The minimum absolute atomic E-state index is 0.194. The van der Waals surface area contributed by atoms with Crippen molar-refractivity contribution in [1.29, 1.82) is 0 Å². The van der Waals surface area contributed by atoms with Gasteiger partial charge >= 0.3 is 5.97 Å². The summed E-state index contributed by atoms with van der Waals surface area (Å²) in [6, 6.07) is 7.68. The molecule has 0 radical (unpaired) electrons. The van der Waals surface area contributed by atoms with Gasteiger partial charge in [-0.05, 0) is 30.9 Å². The van der Waals surface area contributed by atoms with E-state index in [2.05, 4.69) is 12.2 Å². The topological polar surface area (TPSA) is 26.3 Å². The predicted molar refractivity (Wildman–Crippen MR) is 82.7 cm³/mol. The van der Waals surface area contributed by atoms with E-state index >= 15 is 0 Å². The molecule has 0 atom stereocenters. The fourth-order valence-electron chi connectivity index (χ4n) is 2.53. The van der Waals surface area contributed by atoms with Gasteiger partial charge in [-0.1, -0.05) is 62.5 Å². The number of carbonyl (C=O) groups is 1. The van der Waals surface area contributed by atoms with Crippen molar-refractivity contribution in [3.63, 3.8) is 0 Å². The Morgan fingerprint density at radius 3 is 2.40 bits per heavy atom. The van der Waals surface area contributed by atoms with Crippen LogP contribution in [0.3, 0.4) is 0 Å². The van der Waals surface area contributed by atoms with Crippen molar-refractivity contribution in [2.24, 2.45) is 0 Å². The average Bonchev–Trinajstić information content (AvgIpc) is 2.48. The van der Waals surface area contributed by atoms with Crippen molar-refractivity contribution in [3.8, 4) is 0 Å². The molecule has 1 heterocycles. The van der Waals surface area contributed by atoms with Crippen molar-refractivity contribution in [3.05, 3.63) is 41.5 Å². The number of hydrogen-bond donors (Lipinski definition) is 0. The van der Waals surface area contributed by atoms with Crippen LogP contribution in [0.25, 0.3) is 6.08 Å². The van der Waals surface area contributed by atoms with Crippen LogP contribution < -0.4 is 0 Å². The van der Waals surface area contributed by atoms with Crippen molar-refractivity contribution in [2.75, 3.05) is 6.61 Å². The zero-order valence-corrected chi connectivity index (χ0v) is 12.1. The summed E-state index contributed by atoms with van der Waals surface area (Å²) < 4.78 is 5.37. The molecular formula is C18H24O2. The smallest absolute Gasteiger partial charge is 0.338 e. The number of hydrogen-bond acceptors (Lipinski definition) is 2. The fraction of sp³-hybridized carbons (Fsp3) is 0.500. The second-order valence-electron chi connectivity index (χ2n) is 5.39. The molecule has 0 amide bonds. The molecule has 2 heteroatoms. The molecule has 2 nitrogen and oxygen atoms in total. The van der Waals surface area contributed by atoms with Gasteiger partial charge in [-0.25, -0.2) is 4.79 Å². The summed E-state index contributed by atoms with van der Waals surface area (Å²) in [7, 11) is 0. The molecule has 0 saturated heterocycles. The van der Waals surface area contributed by atoms with Crippen molar-refractivity contribution in [2.45, 2.75) is 51.4 Å². The Morgan fingerprint density at radius 1 is 0.850 bits per heavy atom. The standard InChI is InChI=1S/C18H24O2/c19-18-17-14-10-9-13-16(17)12-8-6-4-2-1-3-5-7-11-15-20-18/h8-10,12-14H,1-7,11,15H2/b12-8-. The van der Waals surface area contributed by atoms with Gasteiger partial charge < -0.3 is 4.74 Å².